The fourth-order valence-electron chi connectivity index (χ4n) is 2.36. The van der Waals surface area contributed by atoms with Crippen molar-refractivity contribution in [3.8, 4) is 6.07 Å². The van der Waals surface area contributed by atoms with Gasteiger partial charge in [0.1, 0.15) is 11.1 Å². The number of piperidine rings is 1. The van der Waals surface area contributed by atoms with Crippen LogP contribution in [0, 0.1) is 11.3 Å². The van der Waals surface area contributed by atoms with Gasteiger partial charge in [0.25, 0.3) is 0 Å². The Morgan fingerprint density at radius 3 is 2.67 bits per heavy atom. The molecule has 1 aromatic rings. The normalized spacial score (nSPS) is 17.0. The molecule has 130 valence electrons. The van der Waals surface area contributed by atoms with Gasteiger partial charge in [0.2, 0.25) is 5.28 Å². The first-order valence-electron chi connectivity index (χ1n) is 7.59. The standard InChI is InChI=1S/C15H21ClN6O2/c1-14(2,3)24-13(23)22-6-4-15(9-17,5-7-22)21-11-10(18)8-19-12(16)20-11/h8H,4-7,18H2,1-3H3,(H,19,20,21). The molecule has 2 rings (SSSR count). The molecule has 9 heteroatoms. The predicted molar refractivity (Wildman–Crippen MR) is 90.5 cm³/mol. The minimum absolute atomic E-state index is 0.0472. The van der Waals surface area contributed by atoms with Crippen molar-refractivity contribution in [3.05, 3.63) is 11.5 Å². The zero-order chi connectivity index (χ0) is 18.0. The number of nitrogens with two attached hydrogens (primary N) is 1. The molecule has 3 N–H and O–H groups in total. The molecule has 1 amide bonds. The lowest BCUT2D eigenvalue weighted by molar-refractivity contribution is 0.0194. The monoisotopic (exact) mass is 352 g/mol. The number of carbonyl (C=O) groups excluding carboxylic acids is 1. The highest BCUT2D eigenvalue weighted by Crippen LogP contribution is 2.29. The molecule has 1 aliphatic rings. The number of nitrogens with zero attached hydrogens (tertiary/aromatic N) is 4. The minimum atomic E-state index is -0.871. The molecule has 0 radical (unpaired) electrons. The average molecular weight is 353 g/mol. The molecular formula is C15H21ClN6O2. The lowest BCUT2D eigenvalue weighted by Gasteiger charge is -2.38. The number of likely N-dealkylation sites (tertiary alicyclic amines) is 1. The van der Waals surface area contributed by atoms with E-state index in [2.05, 4.69) is 21.4 Å². The Morgan fingerprint density at radius 2 is 2.12 bits per heavy atom. The van der Waals surface area contributed by atoms with Crippen LogP contribution in [0.15, 0.2) is 6.20 Å². The zero-order valence-electron chi connectivity index (χ0n) is 14.0. The van der Waals surface area contributed by atoms with E-state index in [1.54, 1.807) is 4.90 Å². The molecule has 24 heavy (non-hydrogen) atoms. The molecule has 0 atom stereocenters. The number of ether oxygens (including phenoxy) is 1. The maximum atomic E-state index is 12.1. The summed E-state index contributed by atoms with van der Waals surface area (Å²) in [5.41, 5.74) is 4.71. The minimum Gasteiger partial charge on any atom is -0.444 e. The van der Waals surface area contributed by atoms with Crippen molar-refractivity contribution in [2.24, 2.45) is 0 Å². The number of anilines is 2. The summed E-state index contributed by atoms with van der Waals surface area (Å²) in [6, 6.07) is 2.27. The predicted octanol–water partition coefficient (Wildman–Crippen LogP) is 2.42. The second-order valence-corrected chi connectivity index (χ2v) is 7.07. The number of nitrogen functional groups attached to an aromatic ring is 1. The number of carbonyl (C=O) groups is 1. The average Bonchev–Trinajstić information content (AvgIpc) is 2.50. The Bertz CT molecular complexity index is 659. The van der Waals surface area contributed by atoms with Gasteiger partial charge in [0, 0.05) is 25.9 Å². The Labute approximate surface area is 145 Å². The molecule has 0 aromatic carbocycles. The van der Waals surface area contributed by atoms with Gasteiger partial charge in [-0.15, -0.1) is 0 Å². The molecule has 1 aromatic heterocycles. The third-order valence-electron chi connectivity index (χ3n) is 3.63. The summed E-state index contributed by atoms with van der Waals surface area (Å²) in [5, 5.41) is 12.7. The van der Waals surface area contributed by atoms with Crippen LogP contribution in [0.1, 0.15) is 33.6 Å². The van der Waals surface area contributed by atoms with Crippen molar-refractivity contribution in [1.82, 2.24) is 14.9 Å². The maximum Gasteiger partial charge on any atom is 0.410 e. The van der Waals surface area contributed by atoms with E-state index in [-0.39, 0.29) is 11.4 Å². The van der Waals surface area contributed by atoms with E-state index >= 15 is 0 Å². The summed E-state index contributed by atoms with van der Waals surface area (Å²) in [4.78, 5) is 21.5. The first kappa shape index (κ1) is 18.1. The van der Waals surface area contributed by atoms with Gasteiger partial charge < -0.3 is 20.7 Å². The van der Waals surface area contributed by atoms with Crippen molar-refractivity contribution < 1.29 is 9.53 Å². The third-order valence-corrected chi connectivity index (χ3v) is 3.81. The summed E-state index contributed by atoms with van der Waals surface area (Å²) in [6.07, 6.45) is 1.85. The zero-order valence-corrected chi connectivity index (χ0v) is 14.7. The molecule has 1 aliphatic heterocycles. The lowest BCUT2D eigenvalue weighted by atomic mass is 9.89. The van der Waals surface area contributed by atoms with Gasteiger partial charge in [-0.3, -0.25) is 0 Å². The van der Waals surface area contributed by atoms with Gasteiger partial charge in [-0.1, -0.05) is 0 Å². The van der Waals surface area contributed by atoms with Crippen molar-refractivity contribution in [2.45, 2.75) is 44.8 Å². The van der Waals surface area contributed by atoms with Crippen LogP contribution in [-0.2, 0) is 4.74 Å². The molecule has 1 saturated heterocycles. The van der Waals surface area contributed by atoms with Gasteiger partial charge in [-0.05, 0) is 32.4 Å². The Kier molecular flexibility index (Phi) is 5.04. The second kappa shape index (κ2) is 6.69. The van der Waals surface area contributed by atoms with E-state index in [0.717, 1.165) is 0 Å². The van der Waals surface area contributed by atoms with Gasteiger partial charge >= 0.3 is 6.09 Å². The summed E-state index contributed by atoms with van der Waals surface area (Å²) in [6.45, 7) is 6.25. The summed E-state index contributed by atoms with van der Waals surface area (Å²) in [7, 11) is 0. The van der Waals surface area contributed by atoms with E-state index in [4.69, 9.17) is 22.1 Å². The SMILES string of the molecule is CC(C)(C)OC(=O)N1CCC(C#N)(Nc2nc(Cl)ncc2N)CC1. The molecule has 2 heterocycles. The first-order chi connectivity index (χ1) is 11.1. The first-order valence-corrected chi connectivity index (χ1v) is 7.97. The fourth-order valence-corrected chi connectivity index (χ4v) is 2.49. The van der Waals surface area contributed by atoms with E-state index in [1.807, 2.05) is 20.8 Å². The van der Waals surface area contributed by atoms with Gasteiger partial charge in [0.15, 0.2) is 5.82 Å². The number of hydrogen-bond donors (Lipinski definition) is 2. The second-order valence-electron chi connectivity index (χ2n) is 6.73. The van der Waals surface area contributed by atoms with Crippen molar-refractivity contribution >= 4 is 29.2 Å². The van der Waals surface area contributed by atoms with Crippen LogP contribution in [0.25, 0.3) is 0 Å². The molecule has 1 fully saturated rings. The number of nitriles is 1. The topological polar surface area (TPSA) is 117 Å². The van der Waals surface area contributed by atoms with Crippen LogP contribution in [0.2, 0.25) is 5.28 Å². The van der Waals surface area contributed by atoms with E-state index in [1.165, 1.54) is 6.20 Å². The highest BCUT2D eigenvalue weighted by atomic mass is 35.5. The van der Waals surface area contributed by atoms with E-state index in [0.29, 0.717) is 37.4 Å². The van der Waals surface area contributed by atoms with Crippen LogP contribution in [0.4, 0.5) is 16.3 Å². The quantitative estimate of drug-likeness (QED) is 0.784. The number of halogens is 1. The lowest BCUT2D eigenvalue weighted by Crippen LogP contribution is -2.51. The highest BCUT2D eigenvalue weighted by Gasteiger charge is 2.38. The molecule has 8 nitrogen and oxygen atoms in total. The smallest absolute Gasteiger partial charge is 0.410 e. The molecule has 0 bridgehead atoms. The molecule has 0 saturated carbocycles. The van der Waals surface area contributed by atoms with Crippen molar-refractivity contribution in [2.75, 3.05) is 24.1 Å². The maximum absolute atomic E-state index is 12.1. The van der Waals surface area contributed by atoms with E-state index < -0.39 is 11.1 Å². The molecule has 0 unspecified atom stereocenters. The molecule has 0 spiro atoms. The van der Waals surface area contributed by atoms with Crippen LogP contribution in [-0.4, -0.2) is 45.2 Å². The third kappa shape index (κ3) is 4.38. The summed E-state index contributed by atoms with van der Waals surface area (Å²) < 4.78 is 5.36. The summed E-state index contributed by atoms with van der Waals surface area (Å²) >= 11 is 5.78. The van der Waals surface area contributed by atoms with Gasteiger partial charge in [-0.25, -0.2) is 9.78 Å². The molecular weight excluding hydrogens is 332 g/mol. The Morgan fingerprint density at radius 1 is 1.50 bits per heavy atom. The van der Waals surface area contributed by atoms with Crippen molar-refractivity contribution in [1.29, 1.82) is 5.26 Å². The van der Waals surface area contributed by atoms with Crippen LogP contribution in [0.3, 0.4) is 0 Å². The van der Waals surface area contributed by atoms with Crippen molar-refractivity contribution in [3.63, 3.8) is 0 Å². The fraction of sp³-hybridized carbons (Fsp3) is 0.600. The van der Waals surface area contributed by atoms with Crippen LogP contribution >= 0.6 is 11.6 Å². The highest BCUT2D eigenvalue weighted by molar-refractivity contribution is 6.28. The molecule has 0 aliphatic carbocycles. The summed E-state index contributed by atoms with van der Waals surface area (Å²) in [5.74, 6) is 0.322. The van der Waals surface area contributed by atoms with Gasteiger partial charge in [0.05, 0.1) is 18.0 Å². The van der Waals surface area contributed by atoms with Crippen LogP contribution in [0.5, 0.6) is 0 Å². The number of aromatic nitrogens is 2. The van der Waals surface area contributed by atoms with Gasteiger partial charge in [-0.2, -0.15) is 10.2 Å². The number of amides is 1. The number of hydrogen-bond acceptors (Lipinski definition) is 7. The van der Waals surface area contributed by atoms with E-state index in [9.17, 15) is 10.1 Å². The Balaban J connectivity index is 2.05. The number of rotatable bonds is 2. The number of nitrogens with one attached hydrogen (secondary N) is 1. The largest absolute Gasteiger partial charge is 0.444 e. The Hall–Kier alpha value is -2.27. The van der Waals surface area contributed by atoms with Crippen LogP contribution < -0.4 is 11.1 Å².